The molecule has 3 aromatic rings. The third kappa shape index (κ3) is 11.3. The number of esters is 1. The van der Waals surface area contributed by atoms with Gasteiger partial charge in [-0.3, -0.25) is 4.79 Å². The average Bonchev–Trinajstić information content (AvgIpc) is 3.07. The lowest BCUT2D eigenvalue weighted by Crippen LogP contribution is -2.52. The van der Waals surface area contributed by atoms with Crippen LogP contribution in [0.5, 0.6) is 5.75 Å². The van der Waals surface area contributed by atoms with Crippen molar-refractivity contribution in [3.05, 3.63) is 102 Å². The highest BCUT2D eigenvalue weighted by Gasteiger charge is 2.30. The van der Waals surface area contributed by atoms with E-state index in [1.165, 1.54) is 0 Å². The molecule has 1 atom stereocenters. The van der Waals surface area contributed by atoms with E-state index < -0.39 is 24.3 Å². The van der Waals surface area contributed by atoms with Crippen LogP contribution in [-0.2, 0) is 48.2 Å². The van der Waals surface area contributed by atoms with Crippen molar-refractivity contribution >= 4 is 24.1 Å². The normalized spacial score (nSPS) is 13.8. The summed E-state index contributed by atoms with van der Waals surface area (Å²) in [5.41, 5.74) is 2.39. The lowest BCUT2D eigenvalue weighted by molar-refractivity contribution is -0.152. The molecular formula is C34H38N2O9. The van der Waals surface area contributed by atoms with Gasteiger partial charge in [-0.2, -0.15) is 0 Å². The van der Waals surface area contributed by atoms with Gasteiger partial charge >= 0.3 is 18.2 Å². The van der Waals surface area contributed by atoms with Crippen LogP contribution < -0.4 is 10.1 Å². The third-order valence-corrected chi connectivity index (χ3v) is 7.06. The average molecular weight is 619 g/mol. The Morgan fingerprint density at radius 3 is 1.98 bits per heavy atom. The van der Waals surface area contributed by atoms with Crippen molar-refractivity contribution in [2.45, 2.75) is 51.5 Å². The maximum absolute atomic E-state index is 13.6. The van der Waals surface area contributed by atoms with E-state index in [0.717, 1.165) is 16.7 Å². The van der Waals surface area contributed by atoms with E-state index in [1.807, 2.05) is 60.7 Å². The number of rotatable bonds is 13. The molecule has 1 saturated heterocycles. The minimum atomic E-state index is -0.909. The van der Waals surface area contributed by atoms with Crippen molar-refractivity contribution in [3.63, 3.8) is 0 Å². The quantitative estimate of drug-likeness (QED) is 0.163. The van der Waals surface area contributed by atoms with Crippen molar-refractivity contribution in [1.82, 2.24) is 10.2 Å². The Hall–Kier alpha value is -4.90. The number of hydrogen-bond acceptors (Lipinski definition) is 9. The number of ether oxygens (including phenoxy) is 5. The number of hydrogen-bond donors (Lipinski definition) is 1. The first-order valence-corrected chi connectivity index (χ1v) is 14.9. The van der Waals surface area contributed by atoms with Crippen molar-refractivity contribution in [3.8, 4) is 5.75 Å². The van der Waals surface area contributed by atoms with Gasteiger partial charge < -0.3 is 33.9 Å². The van der Waals surface area contributed by atoms with E-state index in [-0.39, 0.29) is 50.6 Å². The maximum atomic E-state index is 13.6. The van der Waals surface area contributed by atoms with Gasteiger partial charge in [-0.1, -0.05) is 72.8 Å². The lowest BCUT2D eigenvalue weighted by Gasteiger charge is -2.34. The van der Waals surface area contributed by atoms with Gasteiger partial charge in [0.25, 0.3) is 0 Å². The third-order valence-electron chi connectivity index (χ3n) is 7.06. The minimum absolute atomic E-state index is 0.0587. The summed E-state index contributed by atoms with van der Waals surface area (Å²) in [5.74, 6) is -0.407. The molecule has 0 aromatic heterocycles. The predicted octanol–water partition coefficient (Wildman–Crippen LogP) is 4.81. The molecule has 3 aromatic carbocycles. The van der Waals surface area contributed by atoms with Gasteiger partial charge in [0.2, 0.25) is 5.91 Å². The second-order valence-corrected chi connectivity index (χ2v) is 10.4. The summed E-state index contributed by atoms with van der Waals surface area (Å²) in [6.07, 6.45) is -0.460. The molecule has 0 spiro atoms. The van der Waals surface area contributed by atoms with E-state index in [1.54, 1.807) is 36.1 Å². The van der Waals surface area contributed by atoms with Crippen LogP contribution in [0.1, 0.15) is 36.5 Å². The number of carbonyl (C=O) groups is 4. The minimum Gasteiger partial charge on any atom is -0.464 e. The second-order valence-electron chi connectivity index (χ2n) is 10.4. The molecular weight excluding hydrogens is 580 g/mol. The summed E-state index contributed by atoms with van der Waals surface area (Å²) >= 11 is 0. The fourth-order valence-corrected chi connectivity index (χ4v) is 4.73. The van der Waals surface area contributed by atoms with Gasteiger partial charge in [0.05, 0.1) is 12.7 Å². The number of nitrogens with one attached hydrogen (secondary N) is 1. The molecule has 11 nitrogen and oxygen atoms in total. The zero-order valence-electron chi connectivity index (χ0n) is 25.2. The Balaban J connectivity index is 1.34. The summed E-state index contributed by atoms with van der Waals surface area (Å²) in [6, 6.07) is 24.2. The van der Waals surface area contributed by atoms with Crippen molar-refractivity contribution in [2.75, 3.05) is 26.3 Å². The number of carbonyl (C=O) groups excluding carboxylic acids is 4. The highest BCUT2D eigenvalue weighted by atomic mass is 16.7. The Bertz CT molecular complexity index is 1380. The van der Waals surface area contributed by atoms with Gasteiger partial charge in [-0.15, -0.1) is 0 Å². The summed E-state index contributed by atoms with van der Waals surface area (Å²) in [5, 5.41) is 2.73. The molecule has 1 fully saturated rings. The van der Waals surface area contributed by atoms with Crippen LogP contribution in [0.25, 0.3) is 0 Å². The fourth-order valence-electron chi connectivity index (χ4n) is 4.73. The predicted molar refractivity (Wildman–Crippen MR) is 163 cm³/mol. The highest BCUT2D eigenvalue weighted by Crippen LogP contribution is 2.18. The van der Waals surface area contributed by atoms with Crippen LogP contribution in [0.2, 0.25) is 0 Å². The van der Waals surface area contributed by atoms with Gasteiger partial charge in [0, 0.05) is 19.5 Å². The van der Waals surface area contributed by atoms with E-state index >= 15 is 0 Å². The molecule has 4 rings (SSSR count). The van der Waals surface area contributed by atoms with Crippen LogP contribution in [0.4, 0.5) is 9.59 Å². The molecule has 0 radical (unpaired) electrons. The number of piperidine rings is 1. The molecule has 1 unspecified atom stereocenters. The standard InChI is InChI=1S/C34H38N2O9/c1-2-41-31(37)24-42-28-17-19-36(20-18-28)32(38)30(35-33(39)43-22-26-9-5-3-6-10-26)21-25-13-15-29(16-14-25)45-34(40)44-23-27-11-7-4-8-12-27/h3-16,28,30H,2,17-24H2,1H3,(H,35,39). The monoisotopic (exact) mass is 618 g/mol. The zero-order valence-corrected chi connectivity index (χ0v) is 25.2. The molecule has 238 valence electrons. The molecule has 11 heteroatoms. The van der Waals surface area contributed by atoms with Gasteiger partial charge in [-0.05, 0) is 48.6 Å². The second kappa shape index (κ2) is 17.4. The topological polar surface area (TPSA) is 130 Å². The molecule has 0 aliphatic carbocycles. The van der Waals surface area contributed by atoms with E-state index in [4.69, 9.17) is 23.7 Å². The summed E-state index contributed by atoms with van der Waals surface area (Å²) in [7, 11) is 0. The molecule has 1 N–H and O–H groups in total. The van der Waals surface area contributed by atoms with Crippen LogP contribution in [0, 0.1) is 0 Å². The summed E-state index contributed by atoms with van der Waals surface area (Å²) in [6.45, 7) is 2.84. The van der Waals surface area contributed by atoms with Gasteiger partial charge in [-0.25, -0.2) is 14.4 Å². The van der Waals surface area contributed by atoms with Crippen LogP contribution >= 0.6 is 0 Å². The molecule has 0 saturated carbocycles. The highest BCUT2D eigenvalue weighted by molar-refractivity contribution is 5.86. The first kappa shape index (κ1) is 33.0. The molecule has 1 aliphatic rings. The number of likely N-dealkylation sites (tertiary alicyclic amines) is 1. The summed E-state index contributed by atoms with van der Waals surface area (Å²) < 4.78 is 26.4. The lowest BCUT2D eigenvalue weighted by atomic mass is 10.0. The SMILES string of the molecule is CCOC(=O)COC1CCN(C(=O)C(Cc2ccc(OC(=O)OCc3ccccc3)cc2)NC(=O)OCc2ccccc2)CC1. The molecule has 1 aliphatic heterocycles. The van der Waals surface area contributed by atoms with Crippen LogP contribution in [-0.4, -0.2) is 67.5 Å². The van der Waals surface area contributed by atoms with Gasteiger partial charge in [0.1, 0.15) is 31.6 Å². The van der Waals surface area contributed by atoms with Crippen molar-refractivity contribution in [2.24, 2.45) is 0 Å². The van der Waals surface area contributed by atoms with Crippen LogP contribution in [0.3, 0.4) is 0 Å². The van der Waals surface area contributed by atoms with Crippen LogP contribution in [0.15, 0.2) is 84.9 Å². The first-order chi connectivity index (χ1) is 21.9. The zero-order chi connectivity index (χ0) is 31.9. The summed E-state index contributed by atoms with van der Waals surface area (Å²) in [4.78, 5) is 51.8. The van der Waals surface area contributed by atoms with E-state index in [0.29, 0.717) is 25.9 Å². The number of amides is 2. The molecule has 45 heavy (non-hydrogen) atoms. The smallest absolute Gasteiger partial charge is 0.464 e. The Morgan fingerprint density at radius 2 is 1.38 bits per heavy atom. The van der Waals surface area contributed by atoms with E-state index in [2.05, 4.69) is 5.32 Å². The number of nitrogens with zero attached hydrogens (tertiary/aromatic N) is 1. The van der Waals surface area contributed by atoms with E-state index in [9.17, 15) is 19.2 Å². The Morgan fingerprint density at radius 1 is 0.778 bits per heavy atom. The largest absolute Gasteiger partial charge is 0.514 e. The Kier molecular flexibility index (Phi) is 12.8. The molecule has 2 amide bonds. The van der Waals surface area contributed by atoms with Crippen molar-refractivity contribution < 1.29 is 42.9 Å². The maximum Gasteiger partial charge on any atom is 0.514 e. The fraction of sp³-hybridized carbons (Fsp3) is 0.353. The van der Waals surface area contributed by atoms with Crippen molar-refractivity contribution in [1.29, 1.82) is 0 Å². The molecule has 0 bridgehead atoms. The first-order valence-electron chi connectivity index (χ1n) is 14.9. The Labute approximate surface area is 262 Å². The van der Waals surface area contributed by atoms with Gasteiger partial charge in [0.15, 0.2) is 0 Å². The molecule has 1 heterocycles. The number of benzene rings is 3. The number of alkyl carbamates (subject to hydrolysis) is 1.